The summed E-state index contributed by atoms with van der Waals surface area (Å²) in [7, 11) is 3.16. The Labute approximate surface area is 170 Å². The number of carbonyl (C=O) groups is 2. The van der Waals surface area contributed by atoms with Crippen LogP contribution in [0.4, 0.5) is 0 Å². The number of rotatable bonds is 7. The fraction of sp³-hybridized carbons (Fsp3) is 0.304. The number of amides is 1. The zero-order valence-electron chi connectivity index (χ0n) is 16.8. The van der Waals surface area contributed by atoms with Crippen LogP contribution in [0.25, 0.3) is 5.76 Å². The molecule has 1 atom stereocenters. The molecule has 3 rings (SSSR count). The molecule has 152 valence electrons. The molecule has 1 heterocycles. The van der Waals surface area contributed by atoms with Gasteiger partial charge in [-0.15, -0.1) is 0 Å². The molecule has 29 heavy (non-hydrogen) atoms. The second kappa shape index (κ2) is 8.92. The summed E-state index contributed by atoms with van der Waals surface area (Å²) in [6, 6.07) is 13.7. The first-order valence-electron chi connectivity index (χ1n) is 9.46. The van der Waals surface area contributed by atoms with Gasteiger partial charge in [0.2, 0.25) is 0 Å². The van der Waals surface area contributed by atoms with Crippen molar-refractivity contribution in [3.63, 3.8) is 0 Å². The lowest BCUT2D eigenvalue weighted by atomic mass is 9.95. The van der Waals surface area contributed by atoms with Crippen molar-refractivity contribution in [2.45, 2.75) is 19.4 Å². The van der Waals surface area contributed by atoms with Crippen molar-refractivity contribution < 1.29 is 24.2 Å². The Balaban J connectivity index is 2.09. The molecule has 2 aromatic rings. The maximum atomic E-state index is 12.9. The second-order valence-electron chi connectivity index (χ2n) is 6.98. The Morgan fingerprint density at radius 3 is 2.28 bits per heavy atom. The number of ketones is 1. The highest BCUT2D eigenvalue weighted by atomic mass is 16.5. The quantitative estimate of drug-likeness (QED) is 0.336. The zero-order chi connectivity index (χ0) is 21.0. The van der Waals surface area contributed by atoms with E-state index in [1.54, 1.807) is 50.6 Å². The van der Waals surface area contributed by atoms with Gasteiger partial charge < -0.3 is 19.5 Å². The highest BCUT2D eigenvalue weighted by Gasteiger charge is 2.45. The molecular weight excluding hydrogens is 370 g/mol. The summed E-state index contributed by atoms with van der Waals surface area (Å²) in [4.78, 5) is 27.1. The van der Waals surface area contributed by atoms with Gasteiger partial charge in [-0.3, -0.25) is 9.59 Å². The number of carbonyl (C=O) groups excluding carboxylic acids is 2. The van der Waals surface area contributed by atoms with Crippen molar-refractivity contribution in [1.29, 1.82) is 0 Å². The Bertz CT molecular complexity index is 915. The predicted molar refractivity (Wildman–Crippen MR) is 110 cm³/mol. The molecule has 0 unspecified atom stereocenters. The Morgan fingerprint density at radius 2 is 1.69 bits per heavy atom. The number of hydrogen-bond donors (Lipinski definition) is 1. The summed E-state index contributed by atoms with van der Waals surface area (Å²) in [5.41, 5.74) is 2.37. The first kappa shape index (κ1) is 20.6. The van der Waals surface area contributed by atoms with Crippen LogP contribution in [0.15, 0.2) is 54.1 Å². The molecule has 1 amide bonds. The van der Waals surface area contributed by atoms with Crippen LogP contribution in [0.2, 0.25) is 0 Å². The number of likely N-dealkylation sites (tertiary alicyclic amines) is 1. The largest absolute Gasteiger partial charge is 0.507 e. The average Bonchev–Trinajstić information content (AvgIpc) is 2.99. The number of aryl methyl sites for hydroxylation is 1. The van der Waals surface area contributed by atoms with E-state index in [9.17, 15) is 14.7 Å². The van der Waals surface area contributed by atoms with Crippen LogP contribution in [-0.2, 0) is 14.3 Å². The van der Waals surface area contributed by atoms with Crippen molar-refractivity contribution in [2.75, 3.05) is 27.4 Å². The van der Waals surface area contributed by atoms with Gasteiger partial charge in [0.05, 0.1) is 18.7 Å². The van der Waals surface area contributed by atoms with Gasteiger partial charge >= 0.3 is 0 Å². The van der Waals surface area contributed by atoms with Crippen LogP contribution in [0.1, 0.15) is 29.2 Å². The molecular formula is C23H25NO5. The lowest BCUT2D eigenvalue weighted by Gasteiger charge is -2.25. The third-order valence-electron chi connectivity index (χ3n) is 5.04. The molecule has 0 saturated carbocycles. The van der Waals surface area contributed by atoms with E-state index in [4.69, 9.17) is 9.47 Å². The van der Waals surface area contributed by atoms with E-state index >= 15 is 0 Å². The molecule has 1 saturated heterocycles. The number of aliphatic hydroxyl groups excluding tert-OH is 1. The molecule has 1 N–H and O–H groups in total. The molecule has 0 aromatic heterocycles. The van der Waals surface area contributed by atoms with Gasteiger partial charge in [0.15, 0.2) is 0 Å². The first-order valence-corrected chi connectivity index (χ1v) is 9.46. The standard InChI is InChI=1S/C23H25NO5/c1-15-5-7-17(8-6-15)21(25)19-20(16-9-11-18(29-3)12-10-16)24(13-4-14-28-2)23(27)22(19)26/h5-12,20,25H,4,13-14H2,1-3H3/b21-19+/t20-/m0/s1. The molecule has 1 fully saturated rings. The van der Waals surface area contributed by atoms with Crippen LogP contribution in [0.5, 0.6) is 5.75 Å². The molecule has 2 aromatic carbocycles. The Morgan fingerprint density at radius 1 is 1.03 bits per heavy atom. The van der Waals surface area contributed by atoms with Crippen molar-refractivity contribution in [3.05, 3.63) is 70.8 Å². The van der Waals surface area contributed by atoms with Crippen LogP contribution < -0.4 is 4.74 Å². The van der Waals surface area contributed by atoms with Gasteiger partial charge in [0.1, 0.15) is 11.5 Å². The number of methoxy groups -OCH3 is 2. The minimum Gasteiger partial charge on any atom is -0.507 e. The molecule has 0 aliphatic carbocycles. The molecule has 0 bridgehead atoms. The maximum absolute atomic E-state index is 12.9. The topological polar surface area (TPSA) is 76.1 Å². The maximum Gasteiger partial charge on any atom is 0.295 e. The monoisotopic (exact) mass is 395 g/mol. The normalized spacial score (nSPS) is 18.3. The third kappa shape index (κ3) is 4.17. The van der Waals surface area contributed by atoms with Crippen molar-refractivity contribution >= 4 is 17.4 Å². The molecule has 0 spiro atoms. The van der Waals surface area contributed by atoms with Crippen LogP contribution in [-0.4, -0.2) is 49.1 Å². The average molecular weight is 395 g/mol. The molecule has 0 radical (unpaired) electrons. The van der Waals surface area contributed by atoms with Gasteiger partial charge in [-0.1, -0.05) is 42.0 Å². The fourth-order valence-electron chi connectivity index (χ4n) is 3.49. The van der Waals surface area contributed by atoms with Crippen LogP contribution >= 0.6 is 0 Å². The number of nitrogens with zero attached hydrogens (tertiary/aromatic N) is 1. The zero-order valence-corrected chi connectivity index (χ0v) is 16.8. The van der Waals surface area contributed by atoms with Crippen molar-refractivity contribution in [3.8, 4) is 5.75 Å². The number of ether oxygens (including phenoxy) is 2. The van der Waals surface area contributed by atoms with E-state index in [1.807, 2.05) is 19.1 Å². The number of Topliss-reactive ketones (excluding diaryl/α,β-unsaturated/α-hetero) is 1. The minimum atomic E-state index is -0.679. The highest BCUT2D eigenvalue weighted by molar-refractivity contribution is 6.46. The minimum absolute atomic E-state index is 0.0986. The van der Waals surface area contributed by atoms with Crippen LogP contribution in [0.3, 0.4) is 0 Å². The van der Waals surface area contributed by atoms with Crippen molar-refractivity contribution in [2.24, 2.45) is 0 Å². The van der Waals surface area contributed by atoms with E-state index in [0.29, 0.717) is 30.9 Å². The van der Waals surface area contributed by atoms with Gasteiger partial charge in [-0.2, -0.15) is 0 Å². The Kier molecular flexibility index (Phi) is 6.34. The van der Waals surface area contributed by atoms with E-state index in [0.717, 1.165) is 11.1 Å². The van der Waals surface area contributed by atoms with E-state index in [-0.39, 0.29) is 11.3 Å². The van der Waals surface area contributed by atoms with E-state index < -0.39 is 17.7 Å². The SMILES string of the molecule is COCCCN1C(=O)C(=O)/C(=C(/O)c2ccc(C)cc2)[C@@H]1c1ccc(OC)cc1. The van der Waals surface area contributed by atoms with Gasteiger partial charge in [0.25, 0.3) is 11.7 Å². The molecule has 1 aliphatic rings. The number of hydrogen-bond acceptors (Lipinski definition) is 5. The molecule has 1 aliphatic heterocycles. The second-order valence-corrected chi connectivity index (χ2v) is 6.98. The fourth-order valence-corrected chi connectivity index (χ4v) is 3.49. The molecule has 6 nitrogen and oxygen atoms in total. The van der Waals surface area contributed by atoms with Gasteiger partial charge in [-0.25, -0.2) is 0 Å². The molecule has 6 heteroatoms. The summed E-state index contributed by atoms with van der Waals surface area (Å²) in [6.07, 6.45) is 0.584. The van der Waals surface area contributed by atoms with E-state index in [2.05, 4.69) is 0 Å². The van der Waals surface area contributed by atoms with Gasteiger partial charge in [0, 0.05) is 25.8 Å². The summed E-state index contributed by atoms with van der Waals surface area (Å²) < 4.78 is 10.3. The van der Waals surface area contributed by atoms with Crippen molar-refractivity contribution in [1.82, 2.24) is 4.90 Å². The van der Waals surface area contributed by atoms with Crippen LogP contribution in [0, 0.1) is 6.92 Å². The lowest BCUT2D eigenvalue weighted by Crippen LogP contribution is -2.31. The van der Waals surface area contributed by atoms with E-state index in [1.165, 1.54) is 4.90 Å². The predicted octanol–water partition coefficient (Wildman–Crippen LogP) is 3.46. The summed E-state index contributed by atoms with van der Waals surface area (Å²) >= 11 is 0. The highest BCUT2D eigenvalue weighted by Crippen LogP contribution is 2.39. The van der Waals surface area contributed by atoms with Gasteiger partial charge in [-0.05, 0) is 31.0 Å². The summed E-state index contributed by atoms with van der Waals surface area (Å²) in [5.74, 6) is -0.793. The summed E-state index contributed by atoms with van der Waals surface area (Å²) in [6.45, 7) is 2.76. The number of benzene rings is 2. The number of aliphatic hydroxyl groups is 1. The Hall–Kier alpha value is -3.12. The lowest BCUT2D eigenvalue weighted by molar-refractivity contribution is -0.140. The first-order chi connectivity index (χ1) is 14.0. The summed E-state index contributed by atoms with van der Waals surface area (Å²) in [5, 5.41) is 11.0. The third-order valence-corrected chi connectivity index (χ3v) is 5.04. The smallest absolute Gasteiger partial charge is 0.295 e.